The van der Waals surface area contributed by atoms with E-state index < -0.39 is 23.3 Å². The van der Waals surface area contributed by atoms with Crippen LogP contribution >= 0.6 is 12.4 Å². The van der Waals surface area contributed by atoms with Crippen molar-refractivity contribution in [3.05, 3.63) is 35.4 Å². The highest BCUT2D eigenvalue weighted by atomic mass is 35.5. The Kier molecular flexibility index (Phi) is 6.35. The number of carbonyl (C=O) groups excluding carboxylic acids is 1. The fraction of sp³-hybridized carbons (Fsp3) is 0.588. The molecule has 1 saturated carbocycles. The maximum absolute atomic E-state index is 12.9. The predicted octanol–water partition coefficient (Wildman–Crippen LogP) is 2.65. The van der Waals surface area contributed by atoms with Gasteiger partial charge < -0.3 is 15.4 Å². The summed E-state index contributed by atoms with van der Waals surface area (Å²) in [7, 11) is 0. The zero-order valence-corrected chi connectivity index (χ0v) is 14.5. The molecule has 0 spiro atoms. The van der Waals surface area contributed by atoms with Gasteiger partial charge in [-0.25, -0.2) is 0 Å². The van der Waals surface area contributed by atoms with E-state index in [4.69, 9.17) is 4.74 Å². The zero-order chi connectivity index (χ0) is 17.2. The third-order valence-corrected chi connectivity index (χ3v) is 4.93. The summed E-state index contributed by atoms with van der Waals surface area (Å²) in [6.07, 6.45) is -2.38. The number of carbonyl (C=O) groups is 1. The molecule has 1 heterocycles. The molecule has 2 N–H and O–H groups in total. The molecule has 1 aromatic carbocycles. The molecule has 4 nitrogen and oxygen atoms in total. The maximum atomic E-state index is 12.9. The van der Waals surface area contributed by atoms with Gasteiger partial charge in [0.05, 0.1) is 12.2 Å². The van der Waals surface area contributed by atoms with Crippen LogP contribution in [-0.2, 0) is 21.1 Å². The summed E-state index contributed by atoms with van der Waals surface area (Å²) in [5.74, 6) is -0.208. The largest absolute Gasteiger partial charge is 0.416 e. The van der Waals surface area contributed by atoms with Gasteiger partial charge in [0.2, 0.25) is 5.91 Å². The summed E-state index contributed by atoms with van der Waals surface area (Å²) in [5, 5.41) is 5.95. The number of hydrogen-bond donors (Lipinski definition) is 2. The van der Waals surface area contributed by atoms with Crippen LogP contribution in [0.3, 0.4) is 0 Å². The van der Waals surface area contributed by atoms with Crippen molar-refractivity contribution in [2.24, 2.45) is 0 Å². The summed E-state index contributed by atoms with van der Waals surface area (Å²) >= 11 is 0. The number of benzene rings is 1. The van der Waals surface area contributed by atoms with E-state index in [-0.39, 0.29) is 18.3 Å². The van der Waals surface area contributed by atoms with E-state index in [9.17, 15) is 18.0 Å². The van der Waals surface area contributed by atoms with Gasteiger partial charge in [-0.15, -0.1) is 12.4 Å². The van der Waals surface area contributed by atoms with E-state index in [1.807, 2.05) is 0 Å². The molecule has 1 unspecified atom stereocenters. The van der Waals surface area contributed by atoms with E-state index in [1.54, 1.807) is 6.07 Å². The Balaban J connectivity index is 0.00000225. The number of morpholine rings is 1. The van der Waals surface area contributed by atoms with E-state index in [2.05, 4.69) is 10.6 Å². The first-order valence-electron chi connectivity index (χ1n) is 8.19. The first kappa shape index (κ1) is 20.0. The molecule has 8 heteroatoms. The van der Waals surface area contributed by atoms with E-state index in [1.165, 1.54) is 12.1 Å². The average molecular weight is 379 g/mol. The molecule has 0 radical (unpaired) electrons. The summed E-state index contributed by atoms with van der Waals surface area (Å²) in [6, 6.07) is 5.45. The maximum Gasteiger partial charge on any atom is 0.416 e. The van der Waals surface area contributed by atoms with Crippen molar-refractivity contribution in [1.29, 1.82) is 0 Å². The molecule has 1 aliphatic heterocycles. The number of hydrogen-bond acceptors (Lipinski definition) is 3. The van der Waals surface area contributed by atoms with Crippen LogP contribution in [0.25, 0.3) is 0 Å². The van der Waals surface area contributed by atoms with Gasteiger partial charge >= 0.3 is 6.18 Å². The number of halogens is 4. The minimum Gasteiger partial charge on any atom is -0.366 e. The van der Waals surface area contributed by atoms with E-state index in [0.717, 1.165) is 31.9 Å². The molecule has 1 atom stereocenters. The lowest BCUT2D eigenvalue weighted by Gasteiger charge is -2.43. The first-order valence-corrected chi connectivity index (χ1v) is 8.19. The van der Waals surface area contributed by atoms with Crippen molar-refractivity contribution in [3.8, 4) is 0 Å². The monoisotopic (exact) mass is 378 g/mol. The van der Waals surface area contributed by atoms with Gasteiger partial charge in [0.1, 0.15) is 6.10 Å². The van der Waals surface area contributed by atoms with Crippen molar-refractivity contribution in [1.82, 2.24) is 10.6 Å². The van der Waals surface area contributed by atoms with Crippen LogP contribution < -0.4 is 10.6 Å². The van der Waals surface area contributed by atoms with Crippen LogP contribution in [0.2, 0.25) is 0 Å². The molecule has 1 saturated heterocycles. The zero-order valence-electron chi connectivity index (χ0n) is 13.7. The van der Waals surface area contributed by atoms with Crippen molar-refractivity contribution in [2.75, 3.05) is 26.2 Å². The SMILES string of the molecule is Cl.O=C(NCC1(c2cccc(C(F)(F)F)c2)CCC1)C1CNCCO1. The topological polar surface area (TPSA) is 50.4 Å². The Morgan fingerprint density at radius 1 is 1.36 bits per heavy atom. The minimum absolute atomic E-state index is 0. The Hall–Kier alpha value is -1.31. The Bertz CT molecular complexity index is 600. The van der Waals surface area contributed by atoms with Gasteiger partial charge in [-0.3, -0.25) is 4.79 Å². The number of amides is 1. The standard InChI is InChI=1S/C17H21F3N2O2.ClH/c18-17(19,20)13-4-1-3-12(9-13)16(5-2-6-16)11-22-15(23)14-10-21-7-8-24-14;/h1,3-4,9,14,21H,2,5-8,10-11H2,(H,22,23);1H. The molecule has 2 fully saturated rings. The molecule has 1 amide bonds. The number of alkyl halides is 3. The molecule has 140 valence electrons. The summed E-state index contributed by atoms with van der Waals surface area (Å²) in [4.78, 5) is 12.2. The van der Waals surface area contributed by atoms with Crippen molar-refractivity contribution in [2.45, 2.75) is 37.0 Å². The summed E-state index contributed by atoms with van der Waals surface area (Å²) < 4.78 is 44.2. The molecule has 0 bridgehead atoms. The van der Waals surface area contributed by atoms with E-state index in [0.29, 0.717) is 25.3 Å². The molecule has 1 aromatic rings. The van der Waals surface area contributed by atoms with Crippen LogP contribution in [0, 0.1) is 0 Å². The lowest BCUT2D eigenvalue weighted by atomic mass is 9.64. The average Bonchev–Trinajstić information content (AvgIpc) is 2.54. The van der Waals surface area contributed by atoms with Crippen LogP contribution in [0.15, 0.2) is 24.3 Å². The van der Waals surface area contributed by atoms with Crippen LogP contribution in [0.4, 0.5) is 13.2 Å². The third-order valence-electron chi connectivity index (χ3n) is 4.93. The van der Waals surface area contributed by atoms with Crippen LogP contribution in [0.1, 0.15) is 30.4 Å². The quantitative estimate of drug-likeness (QED) is 0.847. The normalized spacial score (nSPS) is 22.4. The van der Waals surface area contributed by atoms with Crippen molar-refractivity contribution >= 4 is 18.3 Å². The van der Waals surface area contributed by atoms with Gasteiger partial charge in [0.15, 0.2) is 0 Å². The van der Waals surface area contributed by atoms with Gasteiger partial charge in [0.25, 0.3) is 0 Å². The molecular formula is C17H22ClF3N2O2. The Morgan fingerprint density at radius 3 is 2.68 bits per heavy atom. The molecule has 1 aliphatic carbocycles. The lowest BCUT2D eigenvalue weighted by molar-refractivity contribution is -0.138. The number of nitrogens with one attached hydrogen (secondary N) is 2. The number of rotatable bonds is 4. The molecule has 0 aromatic heterocycles. The molecule has 25 heavy (non-hydrogen) atoms. The predicted molar refractivity (Wildman–Crippen MR) is 89.8 cm³/mol. The second kappa shape index (κ2) is 7.93. The van der Waals surface area contributed by atoms with Crippen molar-refractivity contribution in [3.63, 3.8) is 0 Å². The van der Waals surface area contributed by atoms with Crippen LogP contribution in [-0.4, -0.2) is 38.3 Å². The molecule has 2 aliphatic rings. The lowest BCUT2D eigenvalue weighted by Crippen LogP contribution is -2.52. The van der Waals surface area contributed by atoms with Crippen molar-refractivity contribution < 1.29 is 22.7 Å². The van der Waals surface area contributed by atoms with Gasteiger partial charge in [0, 0.05) is 25.0 Å². The fourth-order valence-corrected chi connectivity index (χ4v) is 3.30. The minimum atomic E-state index is -4.36. The van der Waals surface area contributed by atoms with Gasteiger partial charge in [-0.05, 0) is 24.5 Å². The summed E-state index contributed by atoms with van der Waals surface area (Å²) in [5.41, 5.74) is -0.400. The number of ether oxygens (including phenoxy) is 1. The van der Waals surface area contributed by atoms with Gasteiger partial charge in [-0.2, -0.15) is 13.2 Å². The highest BCUT2D eigenvalue weighted by molar-refractivity contribution is 5.85. The highest BCUT2D eigenvalue weighted by Crippen LogP contribution is 2.44. The second-order valence-electron chi connectivity index (χ2n) is 6.49. The Labute approximate surface area is 150 Å². The first-order chi connectivity index (χ1) is 11.4. The fourth-order valence-electron chi connectivity index (χ4n) is 3.30. The van der Waals surface area contributed by atoms with E-state index >= 15 is 0 Å². The van der Waals surface area contributed by atoms with Gasteiger partial charge in [-0.1, -0.05) is 24.6 Å². The highest BCUT2D eigenvalue weighted by Gasteiger charge is 2.41. The third kappa shape index (κ3) is 4.46. The summed E-state index contributed by atoms with van der Waals surface area (Å²) in [6.45, 7) is 2.00. The van der Waals surface area contributed by atoms with Crippen LogP contribution in [0.5, 0.6) is 0 Å². The molecular weight excluding hydrogens is 357 g/mol. The second-order valence-corrected chi connectivity index (χ2v) is 6.49. The smallest absolute Gasteiger partial charge is 0.366 e. The Morgan fingerprint density at radius 2 is 2.12 bits per heavy atom. The molecule has 3 rings (SSSR count).